The SMILES string of the molecule is O=C(Nc1nc2ccccc2s1)N1CCN(Cc2cc(=O)n3ccsc3n2)CC1. The molecule has 4 aromatic rings. The smallest absolute Gasteiger partial charge is 0.322 e. The van der Waals surface area contributed by atoms with E-state index in [4.69, 9.17) is 0 Å². The number of carbonyl (C=O) groups excluding carboxylic acids is 1. The molecule has 0 spiro atoms. The molecule has 1 saturated heterocycles. The average Bonchev–Trinajstić information content (AvgIpc) is 3.35. The monoisotopic (exact) mass is 426 g/mol. The van der Waals surface area contributed by atoms with Gasteiger partial charge in [0, 0.05) is 50.4 Å². The summed E-state index contributed by atoms with van der Waals surface area (Å²) in [4.78, 5) is 38.4. The molecule has 0 unspecified atom stereocenters. The second kappa shape index (κ2) is 7.54. The van der Waals surface area contributed by atoms with Crippen LogP contribution in [0.25, 0.3) is 15.2 Å². The summed E-state index contributed by atoms with van der Waals surface area (Å²) in [5.41, 5.74) is 1.61. The number of para-hydroxylation sites is 1. The number of rotatable bonds is 3. The molecule has 5 rings (SSSR count). The zero-order valence-corrected chi connectivity index (χ0v) is 17.1. The van der Waals surface area contributed by atoms with E-state index in [1.54, 1.807) is 21.6 Å². The quantitative estimate of drug-likeness (QED) is 0.545. The Hall–Kier alpha value is -2.82. The fraction of sp³-hybridized carbons (Fsp3) is 0.263. The number of urea groups is 1. The number of thiazole rings is 2. The topological polar surface area (TPSA) is 82.8 Å². The summed E-state index contributed by atoms with van der Waals surface area (Å²) in [7, 11) is 0. The van der Waals surface area contributed by atoms with E-state index >= 15 is 0 Å². The highest BCUT2D eigenvalue weighted by Gasteiger charge is 2.22. The minimum absolute atomic E-state index is 0.0555. The Labute approximate surface area is 174 Å². The van der Waals surface area contributed by atoms with Crippen LogP contribution in [0.3, 0.4) is 0 Å². The van der Waals surface area contributed by atoms with Crippen LogP contribution < -0.4 is 10.9 Å². The molecule has 0 bridgehead atoms. The maximum atomic E-state index is 12.6. The Bertz CT molecular complexity index is 1210. The van der Waals surface area contributed by atoms with Gasteiger partial charge >= 0.3 is 6.03 Å². The molecule has 1 fully saturated rings. The summed E-state index contributed by atoms with van der Waals surface area (Å²) in [5.74, 6) is 0. The van der Waals surface area contributed by atoms with Gasteiger partial charge in [-0.2, -0.15) is 0 Å². The number of fused-ring (bicyclic) bond motifs is 2. The Morgan fingerprint density at radius 1 is 1.14 bits per heavy atom. The van der Waals surface area contributed by atoms with Crippen molar-refractivity contribution in [2.45, 2.75) is 6.54 Å². The third-order valence-corrected chi connectivity index (χ3v) is 6.62. The molecule has 1 aliphatic heterocycles. The minimum atomic E-state index is -0.125. The number of aromatic nitrogens is 3. The van der Waals surface area contributed by atoms with E-state index in [1.807, 2.05) is 29.6 Å². The number of amides is 2. The molecule has 0 aliphatic carbocycles. The average molecular weight is 427 g/mol. The van der Waals surface area contributed by atoms with Crippen LogP contribution in [0.1, 0.15) is 5.69 Å². The van der Waals surface area contributed by atoms with Crippen LogP contribution in [-0.4, -0.2) is 56.4 Å². The summed E-state index contributed by atoms with van der Waals surface area (Å²) in [6, 6.07) is 9.30. The van der Waals surface area contributed by atoms with Crippen molar-refractivity contribution >= 4 is 49.0 Å². The van der Waals surface area contributed by atoms with Gasteiger partial charge in [0.05, 0.1) is 15.9 Å². The predicted molar refractivity (Wildman–Crippen MR) is 115 cm³/mol. The molecule has 148 valence electrons. The molecule has 4 heterocycles. The van der Waals surface area contributed by atoms with Gasteiger partial charge in [0.25, 0.3) is 5.56 Å². The molecular formula is C19H18N6O2S2. The van der Waals surface area contributed by atoms with E-state index in [1.165, 1.54) is 22.7 Å². The van der Waals surface area contributed by atoms with Crippen molar-refractivity contribution in [3.05, 3.63) is 58.0 Å². The van der Waals surface area contributed by atoms with Crippen molar-refractivity contribution in [1.82, 2.24) is 24.2 Å². The van der Waals surface area contributed by atoms with Crippen molar-refractivity contribution in [2.24, 2.45) is 0 Å². The van der Waals surface area contributed by atoms with Crippen molar-refractivity contribution in [1.29, 1.82) is 0 Å². The van der Waals surface area contributed by atoms with Gasteiger partial charge in [-0.3, -0.25) is 19.4 Å². The Morgan fingerprint density at radius 2 is 1.97 bits per heavy atom. The van der Waals surface area contributed by atoms with Crippen LogP contribution >= 0.6 is 22.7 Å². The largest absolute Gasteiger partial charge is 0.323 e. The molecule has 2 amide bonds. The number of nitrogens with one attached hydrogen (secondary N) is 1. The van der Waals surface area contributed by atoms with Gasteiger partial charge in [0.15, 0.2) is 10.1 Å². The van der Waals surface area contributed by atoms with E-state index in [9.17, 15) is 9.59 Å². The highest BCUT2D eigenvalue weighted by atomic mass is 32.1. The number of anilines is 1. The molecular weight excluding hydrogens is 408 g/mol. The minimum Gasteiger partial charge on any atom is -0.322 e. The number of carbonyl (C=O) groups is 1. The van der Waals surface area contributed by atoms with E-state index in [2.05, 4.69) is 20.2 Å². The fourth-order valence-electron chi connectivity index (χ4n) is 3.40. The lowest BCUT2D eigenvalue weighted by Crippen LogP contribution is -2.49. The zero-order valence-electron chi connectivity index (χ0n) is 15.4. The molecule has 29 heavy (non-hydrogen) atoms. The van der Waals surface area contributed by atoms with Crippen molar-refractivity contribution in [3.63, 3.8) is 0 Å². The summed E-state index contributed by atoms with van der Waals surface area (Å²) in [6.07, 6.45) is 1.74. The summed E-state index contributed by atoms with van der Waals surface area (Å²) < 4.78 is 2.61. The van der Waals surface area contributed by atoms with Crippen molar-refractivity contribution in [2.75, 3.05) is 31.5 Å². The summed E-state index contributed by atoms with van der Waals surface area (Å²) >= 11 is 2.93. The second-order valence-electron chi connectivity index (χ2n) is 6.82. The van der Waals surface area contributed by atoms with Crippen LogP contribution in [0.5, 0.6) is 0 Å². The summed E-state index contributed by atoms with van der Waals surface area (Å²) in [6.45, 7) is 3.32. The van der Waals surface area contributed by atoms with E-state index < -0.39 is 0 Å². The molecule has 3 aromatic heterocycles. The Morgan fingerprint density at radius 3 is 2.79 bits per heavy atom. The molecule has 1 N–H and O–H groups in total. The van der Waals surface area contributed by atoms with Crippen molar-refractivity contribution in [3.8, 4) is 0 Å². The van der Waals surface area contributed by atoms with Gasteiger partial charge in [-0.25, -0.2) is 14.8 Å². The maximum Gasteiger partial charge on any atom is 0.323 e. The number of piperazine rings is 1. The Balaban J connectivity index is 1.19. The normalized spacial score (nSPS) is 15.2. The zero-order chi connectivity index (χ0) is 19.8. The fourth-order valence-corrected chi connectivity index (χ4v) is 5.00. The second-order valence-corrected chi connectivity index (χ2v) is 8.73. The molecule has 10 heteroatoms. The lowest BCUT2D eigenvalue weighted by Gasteiger charge is -2.34. The van der Waals surface area contributed by atoms with Crippen LogP contribution in [-0.2, 0) is 6.54 Å². The number of benzene rings is 1. The third-order valence-electron chi connectivity index (χ3n) is 4.91. The first-order valence-electron chi connectivity index (χ1n) is 9.25. The Kier molecular flexibility index (Phi) is 4.74. The maximum absolute atomic E-state index is 12.6. The lowest BCUT2D eigenvalue weighted by molar-refractivity contribution is 0.142. The van der Waals surface area contributed by atoms with Gasteiger partial charge in [-0.05, 0) is 12.1 Å². The van der Waals surface area contributed by atoms with Crippen LogP contribution in [0.2, 0.25) is 0 Å². The molecule has 1 aromatic carbocycles. The van der Waals surface area contributed by atoms with Gasteiger partial charge in [0.2, 0.25) is 0 Å². The predicted octanol–water partition coefficient (Wildman–Crippen LogP) is 2.72. The molecule has 0 atom stereocenters. The van der Waals surface area contributed by atoms with Gasteiger partial charge in [-0.1, -0.05) is 23.5 Å². The highest BCUT2D eigenvalue weighted by molar-refractivity contribution is 7.22. The first-order chi connectivity index (χ1) is 14.2. The molecule has 0 radical (unpaired) electrons. The van der Waals surface area contributed by atoms with Gasteiger partial charge in [-0.15, -0.1) is 11.3 Å². The lowest BCUT2D eigenvalue weighted by atomic mass is 10.3. The van der Waals surface area contributed by atoms with Gasteiger partial charge in [0.1, 0.15) is 0 Å². The number of hydrogen-bond donors (Lipinski definition) is 1. The number of hydrogen-bond acceptors (Lipinski definition) is 7. The standard InChI is InChI=1S/C19H18N6O2S2/c26-16-11-13(20-19-25(16)9-10-28-19)12-23-5-7-24(8-6-23)18(27)22-17-21-14-3-1-2-4-15(14)29-17/h1-4,9-11H,5-8,12H2,(H,21,22,27). The van der Waals surface area contributed by atoms with Gasteiger partial charge < -0.3 is 4.90 Å². The first kappa shape index (κ1) is 18.2. The van der Waals surface area contributed by atoms with Crippen LogP contribution in [0.4, 0.5) is 9.93 Å². The van der Waals surface area contributed by atoms with Crippen molar-refractivity contribution < 1.29 is 4.79 Å². The van der Waals surface area contributed by atoms with Crippen LogP contribution in [0, 0.1) is 0 Å². The molecule has 0 saturated carbocycles. The summed E-state index contributed by atoms with van der Waals surface area (Å²) in [5, 5.41) is 5.39. The third kappa shape index (κ3) is 3.74. The first-order valence-corrected chi connectivity index (χ1v) is 10.9. The highest BCUT2D eigenvalue weighted by Crippen LogP contribution is 2.25. The molecule has 1 aliphatic rings. The van der Waals surface area contributed by atoms with E-state index in [0.717, 1.165) is 29.0 Å². The molecule has 8 nitrogen and oxygen atoms in total. The van der Waals surface area contributed by atoms with Crippen LogP contribution in [0.15, 0.2) is 46.7 Å². The number of nitrogens with zero attached hydrogens (tertiary/aromatic N) is 5. The van der Waals surface area contributed by atoms with E-state index in [0.29, 0.717) is 29.7 Å². The van der Waals surface area contributed by atoms with E-state index in [-0.39, 0.29) is 11.6 Å².